The van der Waals surface area contributed by atoms with Gasteiger partial charge < -0.3 is 10.2 Å². The van der Waals surface area contributed by atoms with Crippen molar-refractivity contribution in [2.45, 2.75) is 25.9 Å². The molecule has 0 unspecified atom stereocenters. The molecule has 2 aromatic carbocycles. The summed E-state index contributed by atoms with van der Waals surface area (Å²) in [5.41, 5.74) is 5.10. The summed E-state index contributed by atoms with van der Waals surface area (Å²) in [5, 5.41) is 36.5. The maximum absolute atomic E-state index is 9.56. The van der Waals surface area contributed by atoms with E-state index >= 15 is 0 Å². The first-order chi connectivity index (χ1) is 14.8. The van der Waals surface area contributed by atoms with Crippen LogP contribution in [0.25, 0.3) is 11.4 Å². The monoisotopic (exact) mass is 404 g/mol. The molecule has 2 aromatic heterocycles. The molecular formula is C22H24N6O2. The first-order valence-corrected chi connectivity index (χ1v) is 9.94. The standard InChI is InChI=1S/C22H24N6O2/c29-13-11-19-21(27(25-23-19)15-17-7-3-1-4-8-17)22-20(12-14-30)24-26-28(22)16-18-9-5-2-6-10-18/h1-10,29-30H,11-16H2. The zero-order chi connectivity index (χ0) is 20.8. The van der Waals surface area contributed by atoms with Crippen LogP contribution in [0.4, 0.5) is 0 Å². The van der Waals surface area contributed by atoms with Crippen LogP contribution >= 0.6 is 0 Å². The molecule has 0 atom stereocenters. The molecule has 0 fully saturated rings. The van der Waals surface area contributed by atoms with E-state index < -0.39 is 0 Å². The second-order valence-corrected chi connectivity index (χ2v) is 7.00. The third kappa shape index (κ3) is 4.29. The van der Waals surface area contributed by atoms with Gasteiger partial charge in [-0.3, -0.25) is 0 Å². The van der Waals surface area contributed by atoms with Gasteiger partial charge in [-0.2, -0.15) is 0 Å². The molecule has 4 aromatic rings. The normalized spacial score (nSPS) is 11.1. The Morgan fingerprint density at radius 2 is 1.00 bits per heavy atom. The highest BCUT2D eigenvalue weighted by molar-refractivity contribution is 5.61. The predicted molar refractivity (Wildman–Crippen MR) is 112 cm³/mol. The molecule has 0 saturated heterocycles. The smallest absolute Gasteiger partial charge is 0.112 e. The molecule has 30 heavy (non-hydrogen) atoms. The van der Waals surface area contributed by atoms with Crippen LogP contribution in [0, 0.1) is 0 Å². The summed E-state index contributed by atoms with van der Waals surface area (Å²) in [6, 6.07) is 20.0. The lowest BCUT2D eigenvalue weighted by Crippen LogP contribution is -2.11. The van der Waals surface area contributed by atoms with E-state index in [0.717, 1.165) is 22.5 Å². The van der Waals surface area contributed by atoms with Crippen molar-refractivity contribution in [3.63, 3.8) is 0 Å². The Morgan fingerprint density at radius 3 is 1.37 bits per heavy atom. The maximum Gasteiger partial charge on any atom is 0.112 e. The van der Waals surface area contributed by atoms with Crippen molar-refractivity contribution in [1.82, 2.24) is 30.0 Å². The molecule has 0 spiro atoms. The quantitative estimate of drug-likeness (QED) is 0.440. The summed E-state index contributed by atoms with van der Waals surface area (Å²) in [5.74, 6) is 0. The summed E-state index contributed by atoms with van der Waals surface area (Å²) in [7, 11) is 0. The van der Waals surface area contributed by atoms with E-state index in [0.29, 0.717) is 37.3 Å². The molecule has 0 aliphatic rings. The van der Waals surface area contributed by atoms with Gasteiger partial charge in [-0.1, -0.05) is 71.1 Å². The Bertz CT molecular complexity index is 988. The van der Waals surface area contributed by atoms with Crippen molar-refractivity contribution in [2.24, 2.45) is 0 Å². The summed E-state index contributed by atoms with van der Waals surface area (Å²) in [6.07, 6.45) is 0.748. The largest absolute Gasteiger partial charge is 0.396 e. The fraction of sp³-hybridized carbons (Fsp3) is 0.273. The molecule has 2 heterocycles. The minimum atomic E-state index is -0.0351. The SMILES string of the molecule is OCCc1nnn(Cc2ccccc2)c1-c1c(CCO)nnn1Cc1ccccc1. The number of aliphatic hydroxyl groups is 2. The van der Waals surface area contributed by atoms with Crippen LogP contribution in [0.15, 0.2) is 60.7 Å². The van der Waals surface area contributed by atoms with Crippen molar-refractivity contribution in [3.8, 4) is 11.4 Å². The molecule has 2 N–H and O–H groups in total. The zero-order valence-corrected chi connectivity index (χ0v) is 16.6. The highest BCUT2D eigenvalue weighted by Crippen LogP contribution is 2.27. The van der Waals surface area contributed by atoms with Crippen LogP contribution in [0.3, 0.4) is 0 Å². The van der Waals surface area contributed by atoms with Crippen molar-refractivity contribution in [3.05, 3.63) is 83.2 Å². The van der Waals surface area contributed by atoms with Gasteiger partial charge in [0, 0.05) is 26.1 Å². The third-order valence-corrected chi connectivity index (χ3v) is 4.88. The van der Waals surface area contributed by atoms with E-state index in [2.05, 4.69) is 20.6 Å². The van der Waals surface area contributed by atoms with E-state index in [4.69, 9.17) is 0 Å². The highest BCUT2D eigenvalue weighted by Gasteiger charge is 2.24. The summed E-state index contributed by atoms with van der Waals surface area (Å²) >= 11 is 0. The minimum Gasteiger partial charge on any atom is -0.396 e. The summed E-state index contributed by atoms with van der Waals surface area (Å²) in [6.45, 7) is 0.993. The molecule has 0 saturated carbocycles. The van der Waals surface area contributed by atoms with Crippen molar-refractivity contribution < 1.29 is 10.2 Å². The molecule has 0 aliphatic heterocycles. The topological polar surface area (TPSA) is 102 Å². The molecule has 154 valence electrons. The number of aromatic nitrogens is 6. The number of benzene rings is 2. The van der Waals surface area contributed by atoms with E-state index in [-0.39, 0.29) is 13.2 Å². The van der Waals surface area contributed by atoms with Gasteiger partial charge in [0.1, 0.15) is 11.4 Å². The van der Waals surface area contributed by atoms with Gasteiger partial charge in [0.25, 0.3) is 0 Å². The first-order valence-electron chi connectivity index (χ1n) is 9.94. The summed E-state index contributed by atoms with van der Waals surface area (Å²) < 4.78 is 3.64. The van der Waals surface area contributed by atoms with Crippen molar-refractivity contribution >= 4 is 0 Å². The second-order valence-electron chi connectivity index (χ2n) is 7.00. The van der Waals surface area contributed by atoms with E-state index in [1.807, 2.05) is 70.0 Å². The number of hydrogen-bond donors (Lipinski definition) is 2. The lowest BCUT2D eigenvalue weighted by molar-refractivity contribution is 0.297. The first kappa shape index (κ1) is 19.9. The fourth-order valence-electron chi connectivity index (χ4n) is 3.50. The average molecular weight is 404 g/mol. The fourth-order valence-corrected chi connectivity index (χ4v) is 3.50. The summed E-state index contributed by atoms with van der Waals surface area (Å²) in [4.78, 5) is 0. The van der Waals surface area contributed by atoms with Crippen LogP contribution in [-0.2, 0) is 25.9 Å². The van der Waals surface area contributed by atoms with Gasteiger partial charge in [0.2, 0.25) is 0 Å². The lowest BCUT2D eigenvalue weighted by Gasteiger charge is -2.12. The Kier molecular flexibility index (Phi) is 6.26. The van der Waals surface area contributed by atoms with Gasteiger partial charge in [0.15, 0.2) is 0 Å². The van der Waals surface area contributed by atoms with Crippen LogP contribution in [-0.4, -0.2) is 53.4 Å². The molecule has 8 nitrogen and oxygen atoms in total. The number of rotatable bonds is 9. The third-order valence-electron chi connectivity index (χ3n) is 4.88. The minimum absolute atomic E-state index is 0.0351. The van der Waals surface area contributed by atoms with Gasteiger partial charge in [-0.15, -0.1) is 10.2 Å². The van der Waals surface area contributed by atoms with Gasteiger partial charge >= 0.3 is 0 Å². The molecule has 0 bridgehead atoms. The Balaban J connectivity index is 1.81. The predicted octanol–water partition coefficient (Wildman–Crippen LogP) is 1.70. The van der Waals surface area contributed by atoms with Crippen LogP contribution < -0.4 is 0 Å². The molecule has 0 amide bonds. The second kappa shape index (κ2) is 9.43. The van der Waals surface area contributed by atoms with E-state index in [1.165, 1.54) is 0 Å². The Labute approximate surface area is 174 Å². The maximum atomic E-state index is 9.56. The molecule has 8 heteroatoms. The molecule has 4 rings (SSSR count). The van der Waals surface area contributed by atoms with Gasteiger partial charge in [-0.05, 0) is 11.1 Å². The molecule has 0 aliphatic carbocycles. The Morgan fingerprint density at radius 1 is 0.600 bits per heavy atom. The van der Waals surface area contributed by atoms with Crippen LogP contribution in [0.1, 0.15) is 22.5 Å². The highest BCUT2D eigenvalue weighted by atomic mass is 16.3. The molecule has 0 radical (unpaired) electrons. The lowest BCUT2D eigenvalue weighted by atomic mass is 10.1. The van der Waals surface area contributed by atoms with Gasteiger partial charge in [-0.25, -0.2) is 9.36 Å². The average Bonchev–Trinajstić information content (AvgIpc) is 3.33. The number of aliphatic hydroxyl groups excluding tert-OH is 2. The van der Waals surface area contributed by atoms with E-state index in [9.17, 15) is 10.2 Å². The van der Waals surface area contributed by atoms with Gasteiger partial charge in [0.05, 0.1) is 24.5 Å². The van der Waals surface area contributed by atoms with E-state index in [1.54, 1.807) is 0 Å². The van der Waals surface area contributed by atoms with Crippen molar-refractivity contribution in [1.29, 1.82) is 0 Å². The number of nitrogens with zero attached hydrogens (tertiary/aromatic N) is 6. The molecular weight excluding hydrogens is 380 g/mol. The number of hydrogen-bond acceptors (Lipinski definition) is 6. The Hall–Kier alpha value is -3.36. The zero-order valence-electron chi connectivity index (χ0n) is 16.6. The van der Waals surface area contributed by atoms with Crippen LogP contribution in [0.5, 0.6) is 0 Å². The van der Waals surface area contributed by atoms with Crippen molar-refractivity contribution in [2.75, 3.05) is 13.2 Å². The van der Waals surface area contributed by atoms with Crippen LogP contribution in [0.2, 0.25) is 0 Å².